The number of esters is 1. The zero-order valence-electron chi connectivity index (χ0n) is 30.0. The Balaban J connectivity index is 1.28. The second-order valence-electron chi connectivity index (χ2n) is 14.3. The molecule has 0 aromatic heterocycles. The van der Waals surface area contributed by atoms with Crippen molar-refractivity contribution in [2.24, 2.45) is 0 Å². The van der Waals surface area contributed by atoms with Gasteiger partial charge in [0.05, 0.1) is 37.8 Å². The van der Waals surface area contributed by atoms with Gasteiger partial charge in [-0.3, -0.25) is 19.4 Å². The molecule has 0 radical (unpaired) electrons. The van der Waals surface area contributed by atoms with Crippen molar-refractivity contribution in [1.29, 1.82) is 0 Å². The molecule has 3 amide bonds. The average Bonchev–Trinajstić information content (AvgIpc) is 3.43. The number of methoxy groups -OCH3 is 1. The first-order chi connectivity index (χ1) is 24.9. The van der Waals surface area contributed by atoms with Gasteiger partial charge in [0.1, 0.15) is 5.82 Å². The average molecular weight is 716 g/mol. The summed E-state index contributed by atoms with van der Waals surface area (Å²) in [5, 5.41) is 12.9. The fourth-order valence-corrected chi connectivity index (χ4v) is 7.50. The predicted octanol–water partition coefficient (Wildman–Crippen LogP) is 4.22. The van der Waals surface area contributed by atoms with Gasteiger partial charge in [0, 0.05) is 62.2 Å². The molecule has 3 heterocycles. The fraction of sp³-hybridized carbons (Fsp3) is 0.436. The van der Waals surface area contributed by atoms with E-state index in [4.69, 9.17) is 9.47 Å². The van der Waals surface area contributed by atoms with E-state index < -0.39 is 17.5 Å². The normalized spacial score (nSPS) is 23.6. The molecular formula is C39H46FN5O7. The lowest BCUT2D eigenvalue weighted by atomic mass is 9.83. The van der Waals surface area contributed by atoms with E-state index in [1.165, 1.54) is 24.1 Å². The van der Waals surface area contributed by atoms with E-state index in [1.54, 1.807) is 41.3 Å². The molecule has 0 saturated carbocycles. The van der Waals surface area contributed by atoms with Gasteiger partial charge in [-0.1, -0.05) is 24.3 Å². The zero-order valence-corrected chi connectivity index (χ0v) is 30.0. The molecule has 276 valence electrons. The van der Waals surface area contributed by atoms with Gasteiger partial charge in [-0.2, -0.15) is 0 Å². The zero-order chi connectivity index (χ0) is 37.2. The molecule has 0 bridgehead atoms. The van der Waals surface area contributed by atoms with Crippen LogP contribution in [0.25, 0.3) is 0 Å². The number of benzene rings is 3. The lowest BCUT2D eigenvalue weighted by Gasteiger charge is -2.47. The molecule has 3 aromatic rings. The van der Waals surface area contributed by atoms with Crippen LogP contribution in [0.15, 0.2) is 66.7 Å². The molecular weight excluding hydrogens is 669 g/mol. The summed E-state index contributed by atoms with van der Waals surface area (Å²) < 4.78 is 24.1. The van der Waals surface area contributed by atoms with Crippen molar-refractivity contribution >= 4 is 35.3 Å². The molecule has 0 spiro atoms. The fourth-order valence-electron chi connectivity index (χ4n) is 7.50. The van der Waals surface area contributed by atoms with Gasteiger partial charge in [-0.25, -0.2) is 14.0 Å². The minimum absolute atomic E-state index is 0.0372. The van der Waals surface area contributed by atoms with Gasteiger partial charge in [0.2, 0.25) is 11.8 Å². The summed E-state index contributed by atoms with van der Waals surface area (Å²) >= 11 is 0. The van der Waals surface area contributed by atoms with E-state index in [0.717, 1.165) is 17.7 Å². The van der Waals surface area contributed by atoms with Crippen molar-refractivity contribution in [3.8, 4) is 0 Å². The summed E-state index contributed by atoms with van der Waals surface area (Å²) in [4.78, 5) is 60.2. The van der Waals surface area contributed by atoms with Crippen molar-refractivity contribution in [2.45, 2.75) is 50.7 Å². The monoisotopic (exact) mass is 715 g/mol. The van der Waals surface area contributed by atoms with Crippen molar-refractivity contribution < 1.29 is 38.1 Å². The molecule has 2 fully saturated rings. The number of ether oxygens (including phenoxy) is 2. The summed E-state index contributed by atoms with van der Waals surface area (Å²) in [5.41, 5.74) is 2.83. The van der Waals surface area contributed by atoms with Gasteiger partial charge < -0.3 is 29.7 Å². The number of rotatable bonds is 9. The lowest BCUT2D eigenvalue weighted by molar-refractivity contribution is -0.122. The highest BCUT2D eigenvalue weighted by Gasteiger charge is 2.47. The van der Waals surface area contributed by atoms with Crippen LogP contribution in [0.4, 0.5) is 20.6 Å². The molecule has 2 saturated heterocycles. The molecule has 52 heavy (non-hydrogen) atoms. The highest BCUT2D eigenvalue weighted by Crippen LogP contribution is 2.43. The largest absolute Gasteiger partial charge is 0.465 e. The second kappa shape index (κ2) is 15.4. The summed E-state index contributed by atoms with van der Waals surface area (Å²) in [5.74, 6) is -1.32. The van der Waals surface area contributed by atoms with Crippen LogP contribution in [0, 0.1) is 5.82 Å². The van der Waals surface area contributed by atoms with E-state index in [2.05, 4.69) is 22.0 Å². The van der Waals surface area contributed by atoms with Gasteiger partial charge >= 0.3 is 12.1 Å². The number of nitrogens with zero attached hydrogens (tertiary/aromatic N) is 4. The van der Waals surface area contributed by atoms with E-state index in [-0.39, 0.29) is 55.4 Å². The highest BCUT2D eigenvalue weighted by atomic mass is 19.1. The minimum atomic E-state index is -1.13. The van der Waals surface area contributed by atoms with Crippen molar-refractivity contribution in [3.05, 3.63) is 94.8 Å². The highest BCUT2D eigenvalue weighted by molar-refractivity contribution is 6.07. The van der Waals surface area contributed by atoms with E-state index in [9.17, 15) is 28.7 Å². The third kappa shape index (κ3) is 7.81. The summed E-state index contributed by atoms with van der Waals surface area (Å²) in [6, 6.07) is 18.0. The minimum Gasteiger partial charge on any atom is -0.465 e. The van der Waals surface area contributed by atoms with E-state index in [0.29, 0.717) is 55.2 Å². The maximum absolute atomic E-state index is 14.5. The van der Waals surface area contributed by atoms with Crippen molar-refractivity contribution in [3.63, 3.8) is 0 Å². The molecule has 0 aliphatic carbocycles. The van der Waals surface area contributed by atoms with Crippen LogP contribution in [0.1, 0.15) is 47.8 Å². The molecule has 0 unspecified atom stereocenters. The van der Waals surface area contributed by atoms with Crippen LogP contribution >= 0.6 is 0 Å². The van der Waals surface area contributed by atoms with Gasteiger partial charge in [-0.05, 0) is 86.3 Å². The number of amides is 3. The van der Waals surface area contributed by atoms with Crippen LogP contribution in [-0.2, 0) is 30.9 Å². The topological polar surface area (TPSA) is 132 Å². The first kappa shape index (κ1) is 36.9. The standard InChI is InChI=1S/C39H46FN5O7/c1-25-19-43(32(21-44(25)38(49)50)20-42-15-16-52-23-26(42)2)22-35(46)45-24-39(3,37(48)41-31-12-8-29(9-13-31)36(47)51-4)33-14-7-28(18-34(33)45)17-27-5-10-30(40)11-6-27/h5-14,18,25-26,32H,15-17,19-24H2,1-4H3,(H,41,48)(H,49,50)/t25-,26-,32+,39-/m1/s1. The molecule has 12 nitrogen and oxygen atoms in total. The van der Waals surface area contributed by atoms with E-state index in [1.807, 2.05) is 32.0 Å². The molecule has 3 aliphatic heterocycles. The Hall–Kier alpha value is -4.85. The molecule has 3 aromatic carbocycles. The van der Waals surface area contributed by atoms with Crippen LogP contribution in [0.5, 0.6) is 0 Å². The van der Waals surface area contributed by atoms with E-state index >= 15 is 0 Å². The number of carbonyl (C=O) groups is 4. The smallest absolute Gasteiger partial charge is 0.407 e. The number of carbonyl (C=O) groups excluding carboxylic acids is 3. The number of hydrogen-bond acceptors (Lipinski definition) is 8. The SMILES string of the molecule is COC(=O)c1ccc(NC(=O)[C@]2(C)CN(C(=O)CN3C[C@@H](C)N(C(=O)O)C[C@@H]3CN3CCOC[C@H]3C)c3cc(Cc4ccc(F)cc4)ccc32)cc1. The summed E-state index contributed by atoms with van der Waals surface area (Å²) in [7, 11) is 1.30. The number of nitrogens with one attached hydrogen (secondary N) is 1. The number of piperazine rings is 1. The Morgan fingerprint density at radius 1 is 0.962 bits per heavy atom. The Bertz CT molecular complexity index is 1810. The molecule has 2 N–H and O–H groups in total. The molecule has 3 aliphatic rings. The van der Waals surface area contributed by atoms with Crippen LogP contribution in [0.2, 0.25) is 0 Å². The Kier molecular flexibility index (Phi) is 10.9. The number of fused-ring (bicyclic) bond motifs is 1. The first-order valence-corrected chi connectivity index (χ1v) is 17.6. The lowest BCUT2D eigenvalue weighted by Crippen LogP contribution is -2.64. The number of hydrogen-bond donors (Lipinski definition) is 2. The van der Waals surface area contributed by atoms with Crippen LogP contribution in [-0.4, -0.2) is 121 Å². The number of morpholine rings is 1. The second-order valence-corrected chi connectivity index (χ2v) is 14.3. The van der Waals surface area contributed by atoms with Crippen molar-refractivity contribution in [1.82, 2.24) is 14.7 Å². The predicted molar refractivity (Wildman–Crippen MR) is 193 cm³/mol. The Morgan fingerprint density at radius 2 is 1.67 bits per heavy atom. The van der Waals surface area contributed by atoms with Crippen LogP contribution in [0.3, 0.4) is 0 Å². The summed E-state index contributed by atoms with van der Waals surface area (Å²) in [6.45, 7) is 9.00. The van der Waals surface area contributed by atoms with Gasteiger partial charge in [-0.15, -0.1) is 0 Å². The maximum Gasteiger partial charge on any atom is 0.407 e. The Labute approximate surface area is 303 Å². The third-order valence-corrected chi connectivity index (χ3v) is 10.6. The third-order valence-electron chi connectivity index (χ3n) is 10.6. The maximum atomic E-state index is 14.5. The number of anilines is 2. The quantitative estimate of drug-likeness (QED) is 0.313. The van der Waals surface area contributed by atoms with Crippen molar-refractivity contribution in [2.75, 3.05) is 69.8 Å². The first-order valence-electron chi connectivity index (χ1n) is 17.6. The van der Waals surface area contributed by atoms with Gasteiger partial charge in [0.15, 0.2) is 0 Å². The van der Waals surface area contributed by atoms with Crippen LogP contribution < -0.4 is 10.2 Å². The summed E-state index contributed by atoms with van der Waals surface area (Å²) in [6.07, 6.45) is -0.484. The van der Waals surface area contributed by atoms with Gasteiger partial charge in [0.25, 0.3) is 0 Å². The number of halogens is 1. The molecule has 6 rings (SSSR count). The molecule has 4 atom stereocenters. The molecule has 13 heteroatoms. The number of carboxylic acid groups (broad SMARTS) is 1. The Morgan fingerprint density at radius 3 is 2.35 bits per heavy atom.